The summed E-state index contributed by atoms with van der Waals surface area (Å²) in [5.41, 5.74) is 3.02. The number of aliphatic hydroxyl groups excluding tert-OH is 1. The van der Waals surface area contributed by atoms with Crippen molar-refractivity contribution >= 4 is 23.1 Å². The average molecular weight is 493 g/mol. The summed E-state index contributed by atoms with van der Waals surface area (Å²) in [5, 5.41) is 11.4. The lowest BCUT2D eigenvalue weighted by atomic mass is 9.96. The number of carbonyl (C=O) groups excluding carboxylic acids is 2. The highest BCUT2D eigenvalue weighted by Gasteiger charge is 2.46. The van der Waals surface area contributed by atoms with Gasteiger partial charge in [0.25, 0.3) is 11.7 Å². The number of ether oxygens (including phenoxy) is 1. The van der Waals surface area contributed by atoms with E-state index >= 15 is 0 Å². The van der Waals surface area contributed by atoms with Crippen LogP contribution >= 0.6 is 0 Å². The molecule has 36 heavy (non-hydrogen) atoms. The van der Waals surface area contributed by atoms with Crippen LogP contribution in [0.15, 0.2) is 48.2 Å². The van der Waals surface area contributed by atoms with Crippen LogP contribution in [0.2, 0.25) is 0 Å². The first kappa shape index (κ1) is 24.1. The number of hydrogen-bond acceptors (Lipinski definition) is 6. The van der Waals surface area contributed by atoms with E-state index in [2.05, 4.69) is 9.88 Å². The van der Waals surface area contributed by atoms with E-state index in [0.29, 0.717) is 43.1 Å². The van der Waals surface area contributed by atoms with E-state index in [1.165, 1.54) is 17.0 Å². The van der Waals surface area contributed by atoms with Gasteiger partial charge >= 0.3 is 0 Å². The molecule has 9 heteroatoms. The molecule has 4 heterocycles. The van der Waals surface area contributed by atoms with Gasteiger partial charge in [-0.05, 0) is 49.6 Å². The predicted molar refractivity (Wildman–Crippen MR) is 132 cm³/mol. The highest BCUT2D eigenvalue weighted by atomic mass is 19.1. The Bertz CT molecular complexity index is 1340. The molecule has 0 spiro atoms. The zero-order valence-corrected chi connectivity index (χ0v) is 20.4. The Kier molecular flexibility index (Phi) is 6.59. The number of hydrogen-bond donors (Lipinski definition) is 1. The number of Topliss-reactive ketones (excluding diaryl/α,β-unsaturated/α-hetero) is 1. The van der Waals surface area contributed by atoms with Gasteiger partial charge in [0.15, 0.2) is 5.76 Å². The number of rotatable bonds is 6. The number of amides is 1. The van der Waals surface area contributed by atoms with Crippen LogP contribution in [0.25, 0.3) is 11.4 Å². The van der Waals surface area contributed by atoms with Crippen molar-refractivity contribution in [2.45, 2.75) is 26.3 Å². The summed E-state index contributed by atoms with van der Waals surface area (Å²) in [5.74, 6) is -2.18. The third-order valence-corrected chi connectivity index (χ3v) is 7.01. The summed E-state index contributed by atoms with van der Waals surface area (Å²) < 4.78 is 21.0. The van der Waals surface area contributed by atoms with Gasteiger partial charge in [-0.3, -0.25) is 14.5 Å². The minimum absolute atomic E-state index is 0.0258. The van der Waals surface area contributed by atoms with Gasteiger partial charge in [-0.15, -0.1) is 0 Å². The van der Waals surface area contributed by atoms with Crippen LogP contribution in [-0.4, -0.2) is 75.4 Å². The molecule has 0 saturated carbocycles. The van der Waals surface area contributed by atoms with Gasteiger partial charge in [0.2, 0.25) is 0 Å². The first-order chi connectivity index (χ1) is 17.4. The van der Waals surface area contributed by atoms with E-state index < -0.39 is 23.5 Å². The summed E-state index contributed by atoms with van der Waals surface area (Å²) in [6.45, 7) is 7.81. The predicted octanol–water partition coefficient (Wildman–Crippen LogP) is 3.23. The summed E-state index contributed by atoms with van der Waals surface area (Å²) in [4.78, 5) is 34.8. The average Bonchev–Trinajstić information content (AvgIpc) is 3.35. The van der Waals surface area contributed by atoms with Crippen molar-refractivity contribution in [1.29, 1.82) is 0 Å². The SMILES string of the molecule is Cc1cccn2c(C)c(/C(O)=C3\C(=O)C(=O)N(CCCN4CCOCC4)C3c3ccc(F)cc3)nc12. The molecule has 0 radical (unpaired) electrons. The molecular weight excluding hydrogens is 463 g/mol. The van der Waals surface area contributed by atoms with Crippen molar-refractivity contribution in [3.8, 4) is 0 Å². The molecule has 1 N–H and O–H groups in total. The first-order valence-corrected chi connectivity index (χ1v) is 12.2. The Labute approximate surface area is 208 Å². The third-order valence-electron chi connectivity index (χ3n) is 7.01. The Balaban J connectivity index is 1.54. The zero-order valence-electron chi connectivity index (χ0n) is 20.4. The molecule has 8 nitrogen and oxygen atoms in total. The van der Waals surface area contributed by atoms with Crippen molar-refractivity contribution in [2.75, 3.05) is 39.4 Å². The largest absolute Gasteiger partial charge is 0.505 e. The number of carbonyl (C=O) groups is 2. The smallest absolute Gasteiger partial charge is 0.295 e. The van der Waals surface area contributed by atoms with E-state index in [4.69, 9.17) is 4.74 Å². The maximum atomic E-state index is 13.7. The van der Waals surface area contributed by atoms with Crippen molar-refractivity contribution in [3.63, 3.8) is 0 Å². The molecule has 5 rings (SSSR count). The number of fused-ring (bicyclic) bond motifs is 1. The maximum Gasteiger partial charge on any atom is 0.295 e. The van der Waals surface area contributed by atoms with Gasteiger partial charge in [0.05, 0.1) is 30.5 Å². The van der Waals surface area contributed by atoms with Crippen molar-refractivity contribution in [1.82, 2.24) is 19.2 Å². The third kappa shape index (κ3) is 4.29. The molecule has 2 aromatic heterocycles. The number of morpholine rings is 1. The number of likely N-dealkylation sites (tertiary alicyclic amines) is 1. The van der Waals surface area contributed by atoms with Crippen LogP contribution in [0.1, 0.15) is 35.0 Å². The minimum atomic E-state index is -0.833. The zero-order chi connectivity index (χ0) is 25.4. The molecule has 0 bridgehead atoms. The van der Waals surface area contributed by atoms with Crippen LogP contribution < -0.4 is 0 Å². The number of aliphatic hydroxyl groups is 1. The molecule has 2 saturated heterocycles. The molecule has 1 atom stereocenters. The highest BCUT2D eigenvalue weighted by molar-refractivity contribution is 6.46. The molecule has 188 valence electrons. The van der Waals surface area contributed by atoms with Gasteiger partial charge in [0, 0.05) is 32.4 Å². The molecule has 1 aromatic carbocycles. The highest BCUT2D eigenvalue weighted by Crippen LogP contribution is 2.40. The van der Waals surface area contributed by atoms with Crippen molar-refractivity contribution < 1.29 is 23.8 Å². The number of nitrogens with zero attached hydrogens (tertiary/aromatic N) is 4. The van der Waals surface area contributed by atoms with E-state index in [1.54, 1.807) is 19.1 Å². The lowest BCUT2D eigenvalue weighted by Gasteiger charge is -2.29. The van der Waals surface area contributed by atoms with Crippen LogP contribution in [0.4, 0.5) is 4.39 Å². The van der Waals surface area contributed by atoms with E-state index in [9.17, 15) is 19.1 Å². The topological polar surface area (TPSA) is 87.4 Å². The lowest BCUT2D eigenvalue weighted by Crippen LogP contribution is -2.38. The molecule has 1 unspecified atom stereocenters. The second-order valence-corrected chi connectivity index (χ2v) is 9.28. The second kappa shape index (κ2) is 9.83. The summed E-state index contributed by atoms with van der Waals surface area (Å²) in [6.07, 6.45) is 2.49. The van der Waals surface area contributed by atoms with E-state index in [-0.39, 0.29) is 17.0 Å². The molecule has 3 aromatic rings. The van der Waals surface area contributed by atoms with Crippen molar-refractivity contribution in [2.24, 2.45) is 0 Å². The van der Waals surface area contributed by atoms with Crippen LogP contribution in [0, 0.1) is 19.7 Å². The molecule has 2 aliphatic heterocycles. The monoisotopic (exact) mass is 492 g/mol. The second-order valence-electron chi connectivity index (χ2n) is 9.28. The lowest BCUT2D eigenvalue weighted by molar-refractivity contribution is -0.140. The number of benzene rings is 1. The van der Waals surface area contributed by atoms with Crippen molar-refractivity contribution in [3.05, 3.63) is 76.5 Å². The number of aryl methyl sites for hydroxylation is 2. The normalized spacial score (nSPS) is 20.5. The van der Waals surface area contributed by atoms with Gasteiger partial charge < -0.3 is 19.1 Å². The van der Waals surface area contributed by atoms with Gasteiger partial charge in [-0.1, -0.05) is 18.2 Å². The van der Waals surface area contributed by atoms with Crippen LogP contribution in [0.5, 0.6) is 0 Å². The summed E-state index contributed by atoms with van der Waals surface area (Å²) in [7, 11) is 0. The Morgan fingerprint density at radius 1 is 1.11 bits per heavy atom. The quantitative estimate of drug-likeness (QED) is 0.323. The molecule has 2 aliphatic rings. The molecule has 1 amide bonds. The molecular formula is C27H29FN4O4. The Hall–Kier alpha value is -3.56. The number of ketones is 1. The van der Waals surface area contributed by atoms with Gasteiger partial charge in [-0.2, -0.15) is 0 Å². The number of aromatic nitrogens is 2. The molecule has 0 aliphatic carbocycles. The van der Waals surface area contributed by atoms with Crippen LogP contribution in [0.3, 0.4) is 0 Å². The van der Waals surface area contributed by atoms with E-state index in [0.717, 1.165) is 25.2 Å². The first-order valence-electron chi connectivity index (χ1n) is 12.2. The summed E-state index contributed by atoms with van der Waals surface area (Å²) in [6, 6.07) is 8.65. The van der Waals surface area contributed by atoms with Gasteiger partial charge in [-0.25, -0.2) is 9.37 Å². The maximum absolute atomic E-state index is 13.7. The minimum Gasteiger partial charge on any atom is -0.505 e. The fourth-order valence-electron chi connectivity index (χ4n) is 5.07. The summed E-state index contributed by atoms with van der Waals surface area (Å²) >= 11 is 0. The number of imidazole rings is 1. The fourth-order valence-corrected chi connectivity index (χ4v) is 5.07. The Morgan fingerprint density at radius 2 is 1.83 bits per heavy atom. The van der Waals surface area contributed by atoms with E-state index in [1.807, 2.05) is 29.7 Å². The molecule has 2 fully saturated rings. The van der Waals surface area contributed by atoms with Gasteiger partial charge in [0.1, 0.15) is 17.2 Å². The standard InChI is InChI=1S/C27H29FN4O4/c1-17-5-3-11-31-18(2)22(29-26(17)31)24(33)21-23(19-6-8-20(28)9-7-19)32(27(35)25(21)34)12-4-10-30-13-15-36-16-14-30/h3,5-9,11,23,33H,4,10,12-16H2,1-2H3/b24-21+. The number of halogens is 1. The fraction of sp³-hybridized carbons (Fsp3) is 0.370. The number of pyridine rings is 1. The van der Waals surface area contributed by atoms with Crippen LogP contribution in [-0.2, 0) is 14.3 Å². The Morgan fingerprint density at radius 3 is 2.53 bits per heavy atom.